The van der Waals surface area contributed by atoms with E-state index in [4.69, 9.17) is 11.6 Å². The van der Waals surface area contributed by atoms with Crippen molar-refractivity contribution in [3.05, 3.63) is 33.1 Å². The maximum Gasteiger partial charge on any atom is 0.416 e. The fraction of sp³-hybridized carbons (Fsp3) is 0.222. The molecule has 1 aromatic carbocycles. The topological polar surface area (TPSA) is 61.0 Å². The van der Waals surface area contributed by atoms with Crippen molar-refractivity contribution in [2.24, 2.45) is 0 Å². The van der Waals surface area contributed by atoms with Crippen LogP contribution in [-0.2, 0) is 6.18 Å². The number of alkyl halides is 5. The van der Waals surface area contributed by atoms with Crippen LogP contribution in [0.25, 0.3) is 11.0 Å². The third-order valence-corrected chi connectivity index (χ3v) is 2.72. The fourth-order valence-electron chi connectivity index (χ4n) is 1.64. The predicted octanol–water partition coefficient (Wildman–Crippen LogP) is 4.01. The molecule has 0 aliphatic heterocycles. The van der Waals surface area contributed by atoms with Gasteiger partial charge in [-0.05, 0) is 17.7 Å². The average molecular weight is 316 g/mol. The molecule has 2 aromatic rings. The molecule has 5 nitrogen and oxygen atoms in total. The van der Waals surface area contributed by atoms with Crippen LogP contribution in [0.4, 0.5) is 27.6 Å². The van der Waals surface area contributed by atoms with Crippen LogP contribution in [0.5, 0.6) is 0 Å². The molecular formula is C9H3ClF5N3O2. The molecule has 0 aliphatic rings. The molecule has 0 bridgehead atoms. The molecule has 0 N–H and O–H groups in total. The van der Waals surface area contributed by atoms with Crippen molar-refractivity contribution in [2.75, 3.05) is 0 Å². The minimum absolute atomic E-state index is 0.0148. The lowest BCUT2D eigenvalue weighted by atomic mass is 10.1. The molecule has 1 heterocycles. The highest BCUT2D eigenvalue weighted by atomic mass is 35.5. The smallest absolute Gasteiger partial charge is 0.258 e. The number of halogens is 6. The van der Waals surface area contributed by atoms with Crippen LogP contribution in [-0.4, -0.2) is 14.5 Å². The lowest BCUT2D eigenvalue weighted by Gasteiger charge is -2.08. The van der Waals surface area contributed by atoms with Crippen LogP contribution in [0.3, 0.4) is 0 Å². The summed E-state index contributed by atoms with van der Waals surface area (Å²) in [6.07, 6.45) is -4.93. The lowest BCUT2D eigenvalue weighted by molar-refractivity contribution is -0.383. The second kappa shape index (κ2) is 4.54. The van der Waals surface area contributed by atoms with E-state index in [-0.39, 0.29) is 10.6 Å². The summed E-state index contributed by atoms with van der Waals surface area (Å²) in [5.41, 5.74) is -3.87. The van der Waals surface area contributed by atoms with Gasteiger partial charge in [0.15, 0.2) is 5.52 Å². The molecule has 0 saturated heterocycles. The van der Waals surface area contributed by atoms with E-state index in [1.54, 1.807) is 0 Å². The van der Waals surface area contributed by atoms with Gasteiger partial charge in [-0.25, -0.2) is 4.98 Å². The van der Waals surface area contributed by atoms with Crippen LogP contribution >= 0.6 is 11.6 Å². The normalized spacial score (nSPS) is 12.3. The van der Waals surface area contributed by atoms with Gasteiger partial charge in [0.1, 0.15) is 0 Å². The number of benzene rings is 1. The summed E-state index contributed by atoms with van der Waals surface area (Å²) in [6.45, 7) is -3.28. The Morgan fingerprint density at radius 1 is 1.35 bits per heavy atom. The first-order chi connectivity index (χ1) is 9.12. The number of nitrogens with zero attached hydrogens (tertiary/aromatic N) is 3. The Balaban J connectivity index is 2.90. The standard InChI is InChI=1S/C9H3ClF5N3O2/c10-7-16-6-4(17(7)8(11)12)1-3(9(13,14)15)2-5(6)18(19)20/h1-2,8H. The van der Waals surface area contributed by atoms with E-state index >= 15 is 0 Å². The monoisotopic (exact) mass is 315 g/mol. The van der Waals surface area contributed by atoms with Crippen molar-refractivity contribution in [2.45, 2.75) is 12.7 Å². The minimum Gasteiger partial charge on any atom is -0.258 e. The van der Waals surface area contributed by atoms with Crippen LogP contribution in [0.1, 0.15) is 12.1 Å². The van der Waals surface area contributed by atoms with Crippen LogP contribution in [0.15, 0.2) is 12.1 Å². The van der Waals surface area contributed by atoms with Gasteiger partial charge in [-0.1, -0.05) is 0 Å². The van der Waals surface area contributed by atoms with Gasteiger partial charge in [-0.2, -0.15) is 22.0 Å². The molecule has 0 radical (unpaired) electrons. The van der Waals surface area contributed by atoms with Crippen molar-refractivity contribution in [1.82, 2.24) is 9.55 Å². The summed E-state index contributed by atoms with van der Waals surface area (Å²) in [5.74, 6) is 0. The molecule has 0 atom stereocenters. The van der Waals surface area contributed by atoms with Gasteiger partial charge < -0.3 is 0 Å². The lowest BCUT2D eigenvalue weighted by Crippen LogP contribution is -2.07. The quantitative estimate of drug-likeness (QED) is 0.478. The van der Waals surface area contributed by atoms with Gasteiger partial charge in [0.05, 0.1) is 16.0 Å². The Hall–Kier alpha value is -1.97. The van der Waals surface area contributed by atoms with Gasteiger partial charge in [-0.3, -0.25) is 14.7 Å². The zero-order valence-electron chi connectivity index (χ0n) is 9.16. The number of rotatable bonds is 2. The molecule has 0 fully saturated rings. The van der Waals surface area contributed by atoms with Gasteiger partial charge in [0.2, 0.25) is 5.28 Å². The Morgan fingerprint density at radius 2 is 1.95 bits per heavy atom. The van der Waals surface area contributed by atoms with E-state index in [0.29, 0.717) is 6.07 Å². The molecule has 2 rings (SSSR count). The summed E-state index contributed by atoms with van der Waals surface area (Å²) in [5, 5.41) is 9.91. The Labute approximate surface area is 111 Å². The van der Waals surface area contributed by atoms with Gasteiger partial charge >= 0.3 is 12.7 Å². The molecule has 1 aromatic heterocycles. The van der Waals surface area contributed by atoms with Gasteiger partial charge in [0.25, 0.3) is 5.69 Å². The SMILES string of the molecule is O=[N+]([O-])c1cc(C(F)(F)F)cc2c1nc(Cl)n2C(F)F. The number of aromatic nitrogens is 2. The summed E-state index contributed by atoms with van der Waals surface area (Å²) >= 11 is 5.37. The predicted molar refractivity (Wildman–Crippen MR) is 57.7 cm³/mol. The summed E-state index contributed by atoms with van der Waals surface area (Å²) in [7, 11) is 0. The van der Waals surface area contributed by atoms with E-state index in [1.807, 2.05) is 0 Å². The maximum atomic E-state index is 12.7. The molecular weight excluding hydrogens is 313 g/mol. The van der Waals surface area contributed by atoms with Crippen LogP contribution in [0, 0.1) is 10.1 Å². The minimum atomic E-state index is -4.93. The first-order valence-corrected chi connectivity index (χ1v) is 5.22. The van der Waals surface area contributed by atoms with E-state index < -0.39 is 45.2 Å². The number of hydrogen-bond donors (Lipinski definition) is 0. The summed E-state index contributed by atoms with van der Waals surface area (Å²) in [6, 6.07) is 0.564. The second-order valence-electron chi connectivity index (χ2n) is 3.65. The fourth-order valence-corrected chi connectivity index (χ4v) is 1.89. The molecule has 0 unspecified atom stereocenters. The number of hydrogen-bond acceptors (Lipinski definition) is 3. The largest absolute Gasteiger partial charge is 0.416 e. The van der Waals surface area contributed by atoms with Gasteiger partial charge in [0, 0.05) is 6.07 Å². The second-order valence-corrected chi connectivity index (χ2v) is 3.98. The zero-order chi connectivity index (χ0) is 15.2. The van der Waals surface area contributed by atoms with Gasteiger partial charge in [-0.15, -0.1) is 0 Å². The Bertz CT molecular complexity index is 697. The number of imidazole rings is 1. The maximum absolute atomic E-state index is 12.7. The van der Waals surface area contributed by atoms with E-state index in [9.17, 15) is 32.1 Å². The molecule has 0 amide bonds. The highest BCUT2D eigenvalue weighted by molar-refractivity contribution is 6.29. The van der Waals surface area contributed by atoms with Crippen molar-refractivity contribution in [1.29, 1.82) is 0 Å². The molecule has 0 spiro atoms. The van der Waals surface area contributed by atoms with E-state index in [2.05, 4.69) is 4.98 Å². The van der Waals surface area contributed by atoms with E-state index in [0.717, 1.165) is 0 Å². The molecule has 11 heteroatoms. The summed E-state index contributed by atoms with van der Waals surface area (Å²) < 4.78 is 63.3. The molecule has 0 aliphatic carbocycles. The number of non-ortho nitro benzene ring substituents is 1. The number of nitro benzene ring substituents is 1. The first kappa shape index (κ1) is 14.4. The molecule has 108 valence electrons. The first-order valence-electron chi connectivity index (χ1n) is 4.84. The highest BCUT2D eigenvalue weighted by Crippen LogP contribution is 2.38. The van der Waals surface area contributed by atoms with Crippen molar-refractivity contribution in [3.8, 4) is 0 Å². The van der Waals surface area contributed by atoms with Crippen molar-refractivity contribution < 1.29 is 26.9 Å². The Kier molecular flexibility index (Phi) is 3.28. The zero-order valence-corrected chi connectivity index (χ0v) is 9.91. The molecule has 0 saturated carbocycles. The van der Waals surface area contributed by atoms with E-state index in [1.165, 1.54) is 0 Å². The van der Waals surface area contributed by atoms with Crippen LogP contribution < -0.4 is 0 Å². The molecule has 20 heavy (non-hydrogen) atoms. The summed E-state index contributed by atoms with van der Waals surface area (Å²) in [4.78, 5) is 12.9. The van der Waals surface area contributed by atoms with Crippen molar-refractivity contribution in [3.63, 3.8) is 0 Å². The Morgan fingerprint density at radius 3 is 2.40 bits per heavy atom. The third kappa shape index (κ3) is 2.26. The van der Waals surface area contributed by atoms with Crippen molar-refractivity contribution >= 4 is 28.3 Å². The average Bonchev–Trinajstić information content (AvgIpc) is 2.61. The third-order valence-electron chi connectivity index (χ3n) is 2.45. The number of nitro groups is 1. The number of fused-ring (bicyclic) bond motifs is 1. The van der Waals surface area contributed by atoms with Crippen LogP contribution in [0.2, 0.25) is 5.28 Å². The highest BCUT2D eigenvalue weighted by Gasteiger charge is 2.35.